The molecule has 0 fully saturated rings. The molecule has 2 rings (SSSR count). The Labute approximate surface area is 92.2 Å². The molecule has 0 radical (unpaired) electrons. The van der Waals surface area contributed by atoms with Crippen LogP contribution in [-0.2, 0) is 0 Å². The monoisotopic (exact) mass is 215 g/mol. The Morgan fingerprint density at radius 1 is 1.12 bits per heavy atom. The summed E-state index contributed by atoms with van der Waals surface area (Å²) in [5, 5.41) is 0. The summed E-state index contributed by atoms with van der Waals surface area (Å²) in [7, 11) is 0. The van der Waals surface area contributed by atoms with E-state index in [0.29, 0.717) is 5.56 Å². The highest BCUT2D eigenvalue weighted by Crippen LogP contribution is 2.06. The minimum atomic E-state index is -0.480. The molecule has 5 nitrogen and oxygen atoms in total. The van der Waals surface area contributed by atoms with Crippen molar-refractivity contribution >= 4 is 5.97 Å². The molecule has 16 heavy (non-hydrogen) atoms. The van der Waals surface area contributed by atoms with Gasteiger partial charge in [0.05, 0.1) is 5.56 Å². The molecule has 0 saturated carbocycles. The number of hydrogen-bond acceptors (Lipinski definition) is 5. The van der Waals surface area contributed by atoms with Crippen LogP contribution in [0.5, 0.6) is 6.01 Å². The van der Waals surface area contributed by atoms with E-state index in [0.717, 1.165) is 5.56 Å². The fourth-order valence-electron chi connectivity index (χ4n) is 1.11. The van der Waals surface area contributed by atoms with E-state index >= 15 is 0 Å². The summed E-state index contributed by atoms with van der Waals surface area (Å²) in [6, 6.07) is 7.06. The standard InChI is InChI=1S/C11H9N3O2/c1-8-2-4-9(5-3-8)10(15)16-11-13-6-12-7-14-11/h2-7H,1H3. The summed E-state index contributed by atoms with van der Waals surface area (Å²) in [4.78, 5) is 22.6. The number of aryl methyl sites for hydroxylation is 1. The highest BCUT2D eigenvalue weighted by molar-refractivity contribution is 5.90. The Morgan fingerprint density at radius 2 is 1.75 bits per heavy atom. The van der Waals surface area contributed by atoms with Gasteiger partial charge in [0, 0.05) is 0 Å². The molecule has 0 saturated heterocycles. The lowest BCUT2D eigenvalue weighted by molar-refractivity contribution is 0.0719. The molecule has 0 amide bonds. The van der Waals surface area contributed by atoms with Gasteiger partial charge in [-0.15, -0.1) is 0 Å². The highest BCUT2D eigenvalue weighted by atomic mass is 16.5. The average molecular weight is 215 g/mol. The van der Waals surface area contributed by atoms with Gasteiger partial charge in [0.2, 0.25) is 0 Å². The molecular formula is C11H9N3O2. The molecule has 0 aliphatic carbocycles. The van der Waals surface area contributed by atoms with Gasteiger partial charge in [-0.3, -0.25) is 0 Å². The van der Waals surface area contributed by atoms with Crippen molar-refractivity contribution in [3.05, 3.63) is 48.0 Å². The Morgan fingerprint density at radius 3 is 2.38 bits per heavy atom. The van der Waals surface area contributed by atoms with E-state index in [1.54, 1.807) is 12.1 Å². The molecule has 0 N–H and O–H groups in total. The Kier molecular flexibility index (Phi) is 2.86. The van der Waals surface area contributed by atoms with Gasteiger partial charge in [0.1, 0.15) is 12.7 Å². The number of esters is 1. The van der Waals surface area contributed by atoms with Crippen LogP contribution in [0.4, 0.5) is 0 Å². The van der Waals surface area contributed by atoms with E-state index in [1.807, 2.05) is 19.1 Å². The number of ether oxygens (including phenoxy) is 1. The van der Waals surface area contributed by atoms with Crippen LogP contribution in [0.15, 0.2) is 36.9 Å². The van der Waals surface area contributed by atoms with Crippen molar-refractivity contribution in [1.82, 2.24) is 15.0 Å². The van der Waals surface area contributed by atoms with Gasteiger partial charge in [-0.2, -0.15) is 9.97 Å². The zero-order valence-corrected chi connectivity index (χ0v) is 8.62. The SMILES string of the molecule is Cc1ccc(C(=O)Oc2ncncn2)cc1. The van der Waals surface area contributed by atoms with Gasteiger partial charge in [-0.1, -0.05) is 17.7 Å². The molecule has 5 heteroatoms. The first-order valence-electron chi connectivity index (χ1n) is 4.66. The van der Waals surface area contributed by atoms with Crippen molar-refractivity contribution < 1.29 is 9.53 Å². The lowest BCUT2D eigenvalue weighted by Crippen LogP contribution is -2.10. The Balaban J connectivity index is 2.12. The van der Waals surface area contributed by atoms with Crippen LogP contribution < -0.4 is 4.74 Å². The number of carbonyl (C=O) groups excluding carboxylic acids is 1. The van der Waals surface area contributed by atoms with Gasteiger partial charge in [-0.05, 0) is 19.1 Å². The summed E-state index contributed by atoms with van der Waals surface area (Å²) in [5.41, 5.74) is 1.54. The maximum absolute atomic E-state index is 11.6. The van der Waals surface area contributed by atoms with Crippen molar-refractivity contribution in [2.45, 2.75) is 6.92 Å². The largest absolute Gasteiger partial charge is 0.387 e. The molecule has 0 aliphatic rings. The van der Waals surface area contributed by atoms with Crippen LogP contribution >= 0.6 is 0 Å². The molecule has 0 aliphatic heterocycles. The van der Waals surface area contributed by atoms with E-state index in [2.05, 4.69) is 15.0 Å². The van der Waals surface area contributed by atoms with Crippen molar-refractivity contribution in [3.63, 3.8) is 0 Å². The number of rotatable bonds is 2. The molecular weight excluding hydrogens is 206 g/mol. The summed E-state index contributed by atoms with van der Waals surface area (Å²) in [6.07, 6.45) is 2.54. The van der Waals surface area contributed by atoms with E-state index in [1.165, 1.54) is 12.7 Å². The summed E-state index contributed by atoms with van der Waals surface area (Å²) >= 11 is 0. The first-order chi connectivity index (χ1) is 7.75. The highest BCUT2D eigenvalue weighted by Gasteiger charge is 2.09. The fraction of sp³-hybridized carbons (Fsp3) is 0.0909. The smallest absolute Gasteiger partial charge is 0.345 e. The van der Waals surface area contributed by atoms with Crippen LogP contribution in [-0.4, -0.2) is 20.9 Å². The van der Waals surface area contributed by atoms with Crippen molar-refractivity contribution in [2.75, 3.05) is 0 Å². The minimum absolute atomic E-state index is 0.000532. The molecule has 1 heterocycles. The lowest BCUT2D eigenvalue weighted by Gasteiger charge is -2.01. The normalized spacial score (nSPS) is 9.81. The first-order valence-corrected chi connectivity index (χ1v) is 4.66. The summed E-state index contributed by atoms with van der Waals surface area (Å²) < 4.78 is 4.94. The number of hydrogen-bond donors (Lipinski definition) is 0. The Hall–Kier alpha value is -2.30. The first kappa shape index (κ1) is 10.2. The maximum Gasteiger partial charge on any atom is 0.345 e. The van der Waals surface area contributed by atoms with E-state index < -0.39 is 5.97 Å². The van der Waals surface area contributed by atoms with E-state index in [-0.39, 0.29) is 6.01 Å². The molecule has 1 aromatic heterocycles. The molecule has 0 unspecified atom stereocenters. The lowest BCUT2D eigenvalue weighted by atomic mass is 10.1. The fourth-order valence-corrected chi connectivity index (χ4v) is 1.11. The van der Waals surface area contributed by atoms with Crippen LogP contribution in [0.2, 0.25) is 0 Å². The molecule has 0 spiro atoms. The third-order valence-electron chi connectivity index (χ3n) is 1.94. The van der Waals surface area contributed by atoms with Crippen molar-refractivity contribution in [1.29, 1.82) is 0 Å². The number of nitrogens with zero attached hydrogens (tertiary/aromatic N) is 3. The quantitative estimate of drug-likeness (QED) is 0.708. The minimum Gasteiger partial charge on any atom is -0.387 e. The second-order valence-electron chi connectivity index (χ2n) is 3.18. The van der Waals surface area contributed by atoms with Crippen molar-refractivity contribution in [3.8, 4) is 6.01 Å². The van der Waals surface area contributed by atoms with Crippen LogP contribution in [0.1, 0.15) is 15.9 Å². The number of carbonyl (C=O) groups is 1. The predicted octanol–water partition coefficient (Wildman–Crippen LogP) is 1.40. The van der Waals surface area contributed by atoms with Gasteiger partial charge in [0.15, 0.2) is 0 Å². The second-order valence-corrected chi connectivity index (χ2v) is 3.18. The third-order valence-corrected chi connectivity index (χ3v) is 1.94. The molecule has 0 atom stereocenters. The summed E-state index contributed by atoms with van der Waals surface area (Å²) in [5.74, 6) is -0.480. The second kappa shape index (κ2) is 4.48. The molecule has 80 valence electrons. The topological polar surface area (TPSA) is 65.0 Å². The molecule has 2 aromatic rings. The van der Waals surface area contributed by atoms with Crippen LogP contribution in [0.25, 0.3) is 0 Å². The zero-order chi connectivity index (χ0) is 11.4. The maximum atomic E-state index is 11.6. The van der Waals surface area contributed by atoms with E-state index in [4.69, 9.17) is 4.74 Å². The van der Waals surface area contributed by atoms with Crippen LogP contribution in [0.3, 0.4) is 0 Å². The number of benzene rings is 1. The average Bonchev–Trinajstić information content (AvgIpc) is 2.31. The number of aromatic nitrogens is 3. The Bertz CT molecular complexity index is 482. The predicted molar refractivity (Wildman–Crippen MR) is 56.0 cm³/mol. The van der Waals surface area contributed by atoms with Gasteiger partial charge >= 0.3 is 12.0 Å². The molecule has 0 bridgehead atoms. The molecule has 1 aromatic carbocycles. The zero-order valence-electron chi connectivity index (χ0n) is 8.62. The van der Waals surface area contributed by atoms with Gasteiger partial charge in [-0.25, -0.2) is 9.78 Å². The third kappa shape index (κ3) is 2.38. The van der Waals surface area contributed by atoms with Crippen LogP contribution in [0, 0.1) is 6.92 Å². The van der Waals surface area contributed by atoms with Crippen molar-refractivity contribution in [2.24, 2.45) is 0 Å². The van der Waals surface area contributed by atoms with Gasteiger partial charge < -0.3 is 4.74 Å². The summed E-state index contributed by atoms with van der Waals surface area (Å²) in [6.45, 7) is 1.95. The van der Waals surface area contributed by atoms with Gasteiger partial charge in [0.25, 0.3) is 0 Å². The van der Waals surface area contributed by atoms with E-state index in [9.17, 15) is 4.79 Å².